The van der Waals surface area contributed by atoms with Crippen molar-refractivity contribution in [3.63, 3.8) is 0 Å². The van der Waals surface area contributed by atoms with Crippen LogP contribution in [0.4, 0.5) is 5.69 Å². The molecule has 0 radical (unpaired) electrons. The molecule has 2 fully saturated rings. The fourth-order valence-corrected chi connectivity index (χ4v) is 5.08. The van der Waals surface area contributed by atoms with Crippen LogP contribution in [0.2, 0.25) is 5.02 Å². The molecular formula is C24H22ClN3O3. The number of rotatable bonds is 2. The van der Waals surface area contributed by atoms with Crippen molar-refractivity contribution in [3.8, 4) is 0 Å². The highest BCUT2D eigenvalue weighted by molar-refractivity contribution is 6.31. The van der Waals surface area contributed by atoms with E-state index in [1.807, 2.05) is 45.0 Å². The molecule has 0 spiro atoms. The van der Waals surface area contributed by atoms with E-state index in [-0.39, 0.29) is 17.6 Å². The molecule has 3 aliphatic heterocycles. The Balaban J connectivity index is 1.66. The van der Waals surface area contributed by atoms with Gasteiger partial charge in [-0.25, -0.2) is 4.90 Å². The molecule has 31 heavy (non-hydrogen) atoms. The van der Waals surface area contributed by atoms with Crippen LogP contribution in [0.1, 0.15) is 37.9 Å². The largest absolute Gasteiger partial charge is 0.297 e. The van der Waals surface area contributed by atoms with Crippen molar-refractivity contribution < 1.29 is 14.4 Å². The number of halogens is 1. The van der Waals surface area contributed by atoms with Gasteiger partial charge in [0.15, 0.2) is 5.78 Å². The standard InChI is InChI=1S/C24H22ClN3O3/c1-24(2,3)21(29)20-18-17(19-16-7-5-4-6-13(16)12-26-28(19)20)22(30)27(23(18)31)15-10-8-14(25)9-11-15/h4-12,17-20H,1-3H3. The minimum atomic E-state index is -0.798. The van der Waals surface area contributed by atoms with Crippen molar-refractivity contribution in [1.82, 2.24) is 5.01 Å². The van der Waals surface area contributed by atoms with E-state index in [0.29, 0.717) is 10.7 Å². The summed E-state index contributed by atoms with van der Waals surface area (Å²) in [6.45, 7) is 5.49. The van der Waals surface area contributed by atoms with Crippen LogP contribution in [0.15, 0.2) is 53.6 Å². The number of imide groups is 1. The second-order valence-electron chi connectivity index (χ2n) is 9.30. The first-order chi connectivity index (χ1) is 14.7. The SMILES string of the molecule is CC(C)(C)C(=O)C1C2C(=O)N(c3ccc(Cl)cc3)C(=O)C2C2c3ccccc3C=NN12. The predicted molar refractivity (Wildman–Crippen MR) is 118 cm³/mol. The number of fused-ring (bicyclic) bond motifs is 5. The first-order valence-electron chi connectivity index (χ1n) is 10.3. The molecule has 4 atom stereocenters. The zero-order valence-electron chi connectivity index (χ0n) is 17.4. The molecule has 7 heteroatoms. The second-order valence-corrected chi connectivity index (χ2v) is 9.73. The van der Waals surface area contributed by atoms with Gasteiger partial charge in [-0.15, -0.1) is 0 Å². The minimum Gasteiger partial charge on any atom is -0.297 e. The van der Waals surface area contributed by atoms with Crippen molar-refractivity contribution >= 4 is 41.1 Å². The highest BCUT2D eigenvalue weighted by Crippen LogP contribution is 2.53. The summed E-state index contributed by atoms with van der Waals surface area (Å²) >= 11 is 5.99. The quantitative estimate of drug-likeness (QED) is 0.672. The topological polar surface area (TPSA) is 70.0 Å². The predicted octanol–water partition coefficient (Wildman–Crippen LogP) is 3.83. The molecule has 158 valence electrons. The van der Waals surface area contributed by atoms with Gasteiger partial charge in [0, 0.05) is 10.4 Å². The molecular weight excluding hydrogens is 414 g/mol. The number of anilines is 1. The summed E-state index contributed by atoms with van der Waals surface area (Å²) < 4.78 is 0. The highest BCUT2D eigenvalue weighted by atomic mass is 35.5. The Morgan fingerprint density at radius 2 is 1.61 bits per heavy atom. The average Bonchev–Trinajstić information content (AvgIpc) is 3.20. The van der Waals surface area contributed by atoms with Crippen LogP contribution in [0, 0.1) is 17.3 Å². The van der Waals surface area contributed by atoms with Gasteiger partial charge in [0.05, 0.1) is 29.8 Å². The van der Waals surface area contributed by atoms with Crippen molar-refractivity contribution in [3.05, 3.63) is 64.7 Å². The summed E-state index contributed by atoms with van der Waals surface area (Å²) in [5.41, 5.74) is 1.59. The number of benzene rings is 2. The van der Waals surface area contributed by atoms with Crippen molar-refractivity contribution in [1.29, 1.82) is 0 Å². The van der Waals surface area contributed by atoms with Gasteiger partial charge in [-0.2, -0.15) is 5.10 Å². The molecule has 0 saturated carbocycles. The number of hydrogen-bond donors (Lipinski definition) is 0. The van der Waals surface area contributed by atoms with Crippen molar-refractivity contribution in [2.24, 2.45) is 22.4 Å². The number of nitrogens with zero attached hydrogens (tertiary/aromatic N) is 3. The lowest BCUT2D eigenvalue weighted by atomic mass is 9.79. The first kappa shape index (κ1) is 19.9. The van der Waals surface area contributed by atoms with Crippen LogP contribution in [0.5, 0.6) is 0 Å². The molecule has 0 bridgehead atoms. The lowest BCUT2D eigenvalue weighted by molar-refractivity contribution is -0.136. The van der Waals surface area contributed by atoms with Gasteiger partial charge in [-0.05, 0) is 35.4 Å². The van der Waals surface area contributed by atoms with E-state index in [2.05, 4.69) is 5.10 Å². The summed E-state index contributed by atoms with van der Waals surface area (Å²) in [7, 11) is 0. The maximum absolute atomic E-state index is 13.6. The van der Waals surface area contributed by atoms with Gasteiger partial charge >= 0.3 is 0 Å². The van der Waals surface area contributed by atoms with E-state index in [0.717, 1.165) is 11.1 Å². The van der Waals surface area contributed by atoms with Gasteiger partial charge < -0.3 is 0 Å². The van der Waals surface area contributed by atoms with Crippen LogP contribution in [-0.2, 0) is 14.4 Å². The zero-order chi connectivity index (χ0) is 22.1. The minimum absolute atomic E-state index is 0.0966. The smallest absolute Gasteiger partial charge is 0.240 e. The Kier molecular flexibility index (Phi) is 4.35. The number of ketones is 1. The van der Waals surface area contributed by atoms with E-state index in [1.165, 1.54) is 4.90 Å². The molecule has 2 aromatic carbocycles. The molecule has 0 aliphatic carbocycles. The fourth-order valence-electron chi connectivity index (χ4n) is 4.96. The Morgan fingerprint density at radius 3 is 2.29 bits per heavy atom. The summed E-state index contributed by atoms with van der Waals surface area (Å²) in [5.74, 6) is -2.23. The molecule has 0 aromatic heterocycles. The Hall–Kier alpha value is -2.99. The van der Waals surface area contributed by atoms with Crippen LogP contribution in [-0.4, -0.2) is 34.9 Å². The third-order valence-corrected chi connectivity index (χ3v) is 6.64. The Bertz CT molecular complexity index is 1140. The maximum atomic E-state index is 13.6. The number of carbonyl (C=O) groups is 3. The van der Waals surface area contributed by atoms with Crippen molar-refractivity contribution in [2.75, 3.05) is 4.90 Å². The molecule has 4 unspecified atom stereocenters. The maximum Gasteiger partial charge on any atom is 0.240 e. The third kappa shape index (κ3) is 2.85. The molecule has 6 nitrogen and oxygen atoms in total. The normalized spacial score (nSPS) is 26.7. The van der Waals surface area contributed by atoms with Crippen LogP contribution in [0.3, 0.4) is 0 Å². The molecule has 2 saturated heterocycles. The van der Waals surface area contributed by atoms with Gasteiger partial charge in [0.2, 0.25) is 11.8 Å². The molecule has 3 heterocycles. The number of carbonyl (C=O) groups excluding carboxylic acids is 3. The van der Waals surface area contributed by atoms with Gasteiger partial charge in [0.1, 0.15) is 6.04 Å². The summed E-state index contributed by atoms with van der Waals surface area (Å²) in [6, 6.07) is 13.0. The lowest BCUT2D eigenvalue weighted by Gasteiger charge is -2.35. The van der Waals surface area contributed by atoms with Gasteiger partial charge in [-0.1, -0.05) is 56.6 Å². The third-order valence-electron chi connectivity index (χ3n) is 6.39. The lowest BCUT2D eigenvalue weighted by Crippen LogP contribution is -2.48. The number of Topliss-reactive ketones (excluding diaryl/α,β-unsaturated/α-hetero) is 1. The first-order valence-corrected chi connectivity index (χ1v) is 10.7. The molecule has 2 amide bonds. The van der Waals surface area contributed by atoms with Gasteiger partial charge in [-0.3, -0.25) is 19.4 Å². The monoisotopic (exact) mass is 435 g/mol. The highest BCUT2D eigenvalue weighted by Gasteiger charge is 2.66. The summed E-state index contributed by atoms with van der Waals surface area (Å²) in [4.78, 5) is 42.0. The van der Waals surface area contributed by atoms with Crippen molar-refractivity contribution in [2.45, 2.75) is 32.9 Å². The Morgan fingerprint density at radius 1 is 0.968 bits per heavy atom. The zero-order valence-corrected chi connectivity index (χ0v) is 18.2. The summed E-state index contributed by atoms with van der Waals surface area (Å²) in [5, 5.41) is 6.77. The molecule has 0 N–H and O–H groups in total. The van der Waals surface area contributed by atoms with Crippen LogP contribution < -0.4 is 4.90 Å². The molecule has 2 aromatic rings. The fraction of sp³-hybridized carbons (Fsp3) is 0.333. The molecule has 3 aliphatic rings. The van der Waals surface area contributed by atoms with E-state index in [4.69, 9.17) is 11.6 Å². The van der Waals surface area contributed by atoms with E-state index in [1.54, 1.807) is 35.5 Å². The number of amides is 2. The van der Waals surface area contributed by atoms with Gasteiger partial charge in [0.25, 0.3) is 0 Å². The number of hydrogen-bond acceptors (Lipinski definition) is 5. The van der Waals surface area contributed by atoms with E-state index >= 15 is 0 Å². The van der Waals surface area contributed by atoms with Crippen LogP contribution in [0.25, 0.3) is 0 Å². The Labute approximate surface area is 185 Å². The second kappa shape index (κ2) is 6.76. The van der Waals surface area contributed by atoms with E-state index < -0.39 is 29.3 Å². The number of hydrazone groups is 1. The van der Waals surface area contributed by atoms with E-state index in [9.17, 15) is 14.4 Å². The average molecular weight is 436 g/mol. The van der Waals surface area contributed by atoms with Crippen LogP contribution >= 0.6 is 11.6 Å². The summed E-state index contributed by atoms with van der Waals surface area (Å²) in [6.07, 6.45) is 1.71. The molecule has 5 rings (SSSR count).